The van der Waals surface area contributed by atoms with Crippen molar-refractivity contribution in [2.45, 2.75) is 0 Å². The molecule has 0 unspecified atom stereocenters. The summed E-state index contributed by atoms with van der Waals surface area (Å²) in [6, 6.07) is 17.0. The van der Waals surface area contributed by atoms with E-state index in [0.717, 1.165) is 10.9 Å². The number of H-pyrrole nitrogens is 1. The molecule has 98 valence electrons. The Balaban J connectivity index is 1.90. The van der Waals surface area contributed by atoms with Gasteiger partial charge < -0.3 is 0 Å². The van der Waals surface area contributed by atoms with Gasteiger partial charge in [0.05, 0.1) is 11.6 Å². The average Bonchev–Trinajstić information content (AvgIpc) is 2.51. The Kier molecular flexibility index (Phi) is 3.24. The number of aromatic nitrogens is 2. The van der Waals surface area contributed by atoms with Gasteiger partial charge in [0, 0.05) is 5.39 Å². The minimum absolute atomic E-state index is 0.210. The lowest BCUT2D eigenvalue weighted by Crippen LogP contribution is -2.10. The number of nitrogens with zero attached hydrogens (tertiary/aromatic N) is 2. The highest BCUT2D eigenvalue weighted by atomic mass is 16.1. The second kappa shape index (κ2) is 5.36. The van der Waals surface area contributed by atoms with Crippen molar-refractivity contribution in [1.82, 2.24) is 10.2 Å². The van der Waals surface area contributed by atoms with Gasteiger partial charge in [0.25, 0.3) is 5.56 Å². The predicted octanol–water partition coefficient (Wildman–Crippen LogP) is 2.37. The van der Waals surface area contributed by atoms with Gasteiger partial charge in [0.2, 0.25) is 0 Å². The SMILES string of the molecule is O=c1[nH]nc(NN=Cc2ccccc2)c2ccccc12. The monoisotopic (exact) mass is 264 g/mol. The summed E-state index contributed by atoms with van der Waals surface area (Å²) in [5.74, 6) is 0.521. The first-order valence-electron chi connectivity index (χ1n) is 6.16. The quantitative estimate of drug-likeness (QED) is 0.563. The van der Waals surface area contributed by atoms with E-state index in [0.29, 0.717) is 11.2 Å². The van der Waals surface area contributed by atoms with E-state index in [2.05, 4.69) is 20.7 Å². The van der Waals surface area contributed by atoms with Crippen molar-refractivity contribution in [3.8, 4) is 0 Å². The van der Waals surface area contributed by atoms with Crippen LogP contribution in [0.4, 0.5) is 5.82 Å². The number of rotatable bonds is 3. The minimum Gasteiger partial charge on any atom is -0.267 e. The summed E-state index contributed by atoms with van der Waals surface area (Å²) >= 11 is 0. The Hall–Kier alpha value is -2.95. The molecule has 0 saturated carbocycles. The van der Waals surface area contributed by atoms with Gasteiger partial charge in [-0.05, 0) is 11.6 Å². The van der Waals surface area contributed by atoms with Crippen molar-refractivity contribution in [1.29, 1.82) is 0 Å². The first kappa shape index (κ1) is 12.1. The Bertz CT molecular complexity index is 809. The summed E-state index contributed by atoms with van der Waals surface area (Å²) < 4.78 is 0. The number of anilines is 1. The van der Waals surface area contributed by atoms with Crippen LogP contribution in [0.25, 0.3) is 10.8 Å². The van der Waals surface area contributed by atoms with Crippen LogP contribution < -0.4 is 11.0 Å². The molecule has 0 atom stereocenters. The summed E-state index contributed by atoms with van der Waals surface area (Å²) in [6.07, 6.45) is 1.70. The molecule has 5 heteroatoms. The molecule has 3 rings (SSSR count). The maximum Gasteiger partial charge on any atom is 0.272 e. The van der Waals surface area contributed by atoms with Crippen LogP contribution in [0.15, 0.2) is 64.5 Å². The van der Waals surface area contributed by atoms with E-state index in [1.165, 1.54) is 0 Å². The highest BCUT2D eigenvalue weighted by Crippen LogP contribution is 2.16. The highest BCUT2D eigenvalue weighted by Gasteiger charge is 2.03. The summed E-state index contributed by atoms with van der Waals surface area (Å²) in [5.41, 5.74) is 3.62. The third-order valence-corrected chi connectivity index (χ3v) is 2.88. The molecule has 20 heavy (non-hydrogen) atoms. The van der Waals surface area contributed by atoms with Crippen LogP contribution in [-0.2, 0) is 0 Å². The lowest BCUT2D eigenvalue weighted by atomic mass is 10.2. The Morgan fingerprint density at radius 3 is 2.50 bits per heavy atom. The molecule has 0 aliphatic rings. The molecule has 1 heterocycles. The maximum absolute atomic E-state index is 11.6. The molecule has 0 aliphatic heterocycles. The van der Waals surface area contributed by atoms with Gasteiger partial charge in [-0.15, -0.1) is 0 Å². The van der Waals surface area contributed by atoms with E-state index >= 15 is 0 Å². The number of hydrogen-bond acceptors (Lipinski definition) is 4. The molecule has 0 radical (unpaired) electrons. The molecule has 0 amide bonds. The van der Waals surface area contributed by atoms with Crippen molar-refractivity contribution in [2.24, 2.45) is 5.10 Å². The van der Waals surface area contributed by atoms with Crippen LogP contribution in [0.5, 0.6) is 0 Å². The second-order valence-electron chi connectivity index (χ2n) is 4.23. The zero-order chi connectivity index (χ0) is 13.8. The van der Waals surface area contributed by atoms with Gasteiger partial charge in [0.1, 0.15) is 0 Å². The summed E-state index contributed by atoms with van der Waals surface area (Å²) in [7, 11) is 0. The van der Waals surface area contributed by atoms with Crippen LogP contribution in [0, 0.1) is 0 Å². The van der Waals surface area contributed by atoms with E-state index < -0.39 is 0 Å². The van der Waals surface area contributed by atoms with Crippen LogP contribution in [0.1, 0.15) is 5.56 Å². The summed E-state index contributed by atoms with van der Waals surface area (Å²) in [5, 5.41) is 11.9. The fraction of sp³-hybridized carbons (Fsp3) is 0. The Labute approximate surface area is 115 Å². The zero-order valence-electron chi connectivity index (χ0n) is 10.6. The summed E-state index contributed by atoms with van der Waals surface area (Å²) in [4.78, 5) is 11.6. The number of nitrogens with one attached hydrogen (secondary N) is 2. The van der Waals surface area contributed by atoms with Gasteiger partial charge in [0.15, 0.2) is 5.82 Å². The summed E-state index contributed by atoms with van der Waals surface area (Å²) in [6.45, 7) is 0. The van der Waals surface area contributed by atoms with Crippen molar-refractivity contribution in [2.75, 3.05) is 5.43 Å². The third kappa shape index (κ3) is 2.42. The molecule has 2 N–H and O–H groups in total. The Morgan fingerprint density at radius 2 is 1.70 bits per heavy atom. The lowest BCUT2D eigenvalue weighted by Gasteiger charge is -2.03. The van der Waals surface area contributed by atoms with Crippen molar-refractivity contribution >= 4 is 22.8 Å². The van der Waals surface area contributed by atoms with E-state index in [4.69, 9.17) is 0 Å². The molecular weight excluding hydrogens is 252 g/mol. The molecule has 0 bridgehead atoms. The van der Waals surface area contributed by atoms with Gasteiger partial charge in [-0.2, -0.15) is 10.2 Å². The van der Waals surface area contributed by atoms with E-state index in [1.807, 2.05) is 48.5 Å². The first-order chi connectivity index (χ1) is 9.84. The topological polar surface area (TPSA) is 70.1 Å². The van der Waals surface area contributed by atoms with Crippen molar-refractivity contribution < 1.29 is 0 Å². The van der Waals surface area contributed by atoms with Crippen LogP contribution in [0.2, 0.25) is 0 Å². The van der Waals surface area contributed by atoms with Crippen LogP contribution in [-0.4, -0.2) is 16.4 Å². The smallest absolute Gasteiger partial charge is 0.267 e. The molecule has 2 aromatic carbocycles. The van der Waals surface area contributed by atoms with Gasteiger partial charge in [-0.1, -0.05) is 48.5 Å². The zero-order valence-corrected chi connectivity index (χ0v) is 10.6. The normalized spacial score (nSPS) is 11.0. The molecular formula is C15H12N4O. The van der Waals surface area contributed by atoms with Crippen LogP contribution >= 0.6 is 0 Å². The number of hydrazone groups is 1. The van der Waals surface area contributed by atoms with Crippen molar-refractivity contribution in [3.05, 3.63) is 70.5 Å². The standard InChI is InChI=1S/C15H12N4O/c20-15-13-9-5-4-8-12(13)14(18-19-15)17-16-10-11-6-2-1-3-7-11/h1-10H,(H,17,18)(H,19,20). The van der Waals surface area contributed by atoms with Crippen molar-refractivity contribution in [3.63, 3.8) is 0 Å². The fourth-order valence-corrected chi connectivity index (χ4v) is 1.91. The molecule has 0 spiro atoms. The van der Waals surface area contributed by atoms with Gasteiger partial charge in [-0.3, -0.25) is 10.2 Å². The highest BCUT2D eigenvalue weighted by molar-refractivity contribution is 5.91. The van der Waals surface area contributed by atoms with E-state index in [1.54, 1.807) is 12.3 Å². The molecule has 1 aromatic heterocycles. The lowest BCUT2D eigenvalue weighted by molar-refractivity contribution is 1.00. The number of benzene rings is 2. The third-order valence-electron chi connectivity index (χ3n) is 2.88. The maximum atomic E-state index is 11.6. The van der Waals surface area contributed by atoms with Gasteiger partial charge >= 0.3 is 0 Å². The predicted molar refractivity (Wildman–Crippen MR) is 80.0 cm³/mol. The average molecular weight is 264 g/mol. The number of hydrogen-bond donors (Lipinski definition) is 2. The molecule has 5 nitrogen and oxygen atoms in total. The fourth-order valence-electron chi connectivity index (χ4n) is 1.91. The number of aromatic amines is 1. The molecule has 0 saturated heterocycles. The van der Waals surface area contributed by atoms with Crippen LogP contribution in [0.3, 0.4) is 0 Å². The van der Waals surface area contributed by atoms with Gasteiger partial charge in [-0.25, -0.2) is 5.10 Å². The largest absolute Gasteiger partial charge is 0.272 e. The van der Waals surface area contributed by atoms with E-state index in [-0.39, 0.29) is 5.56 Å². The number of fused-ring (bicyclic) bond motifs is 1. The molecule has 0 aliphatic carbocycles. The second-order valence-corrected chi connectivity index (χ2v) is 4.23. The van der Waals surface area contributed by atoms with E-state index in [9.17, 15) is 4.79 Å². The minimum atomic E-state index is -0.210. The first-order valence-corrected chi connectivity index (χ1v) is 6.16. The molecule has 0 fully saturated rings. The Morgan fingerprint density at radius 1 is 1.00 bits per heavy atom. The molecule has 3 aromatic rings.